The van der Waals surface area contributed by atoms with Gasteiger partial charge in [0.2, 0.25) is 17.7 Å². The number of thiophene rings is 1. The van der Waals surface area contributed by atoms with Gasteiger partial charge in [0.1, 0.15) is 0 Å². The van der Waals surface area contributed by atoms with Crippen molar-refractivity contribution < 1.29 is 13.9 Å². The lowest BCUT2D eigenvalue weighted by Crippen LogP contribution is -2.41. The normalized spacial score (nSPS) is 16.4. The standard InChI is InChI=1S/C16H22N4O3S/c1-22-8-5-17-14(21)10-20-6-2-12(3-7-20)15-18-19-16(23-15)13-4-9-24-11-13/h4,9,11-12H,2-3,5-8,10H2,1H3,(H,17,21). The molecule has 8 heteroatoms. The van der Waals surface area contributed by atoms with Crippen LogP contribution in [0, 0.1) is 0 Å². The Balaban J connectivity index is 1.46. The average Bonchev–Trinajstić information content (AvgIpc) is 3.27. The average molecular weight is 350 g/mol. The summed E-state index contributed by atoms with van der Waals surface area (Å²) in [4.78, 5) is 14.0. The van der Waals surface area contributed by atoms with Crippen molar-refractivity contribution in [1.82, 2.24) is 20.4 Å². The third kappa shape index (κ3) is 4.40. The van der Waals surface area contributed by atoms with Gasteiger partial charge in [-0.05, 0) is 37.4 Å². The number of rotatable bonds is 7. The van der Waals surface area contributed by atoms with Crippen LogP contribution in [-0.2, 0) is 9.53 Å². The maximum Gasteiger partial charge on any atom is 0.248 e. The SMILES string of the molecule is COCCNC(=O)CN1CCC(c2nnc(-c3ccsc3)o2)CC1. The van der Waals surface area contributed by atoms with Gasteiger partial charge in [-0.1, -0.05) is 0 Å². The Bertz CT molecular complexity index is 636. The molecular formula is C16H22N4O3S. The van der Waals surface area contributed by atoms with E-state index < -0.39 is 0 Å². The Labute approximate surface area is 145 Å². The van der Waals surface area contributed by atoms with Gasteiger partial charge in [0.05, 0.1) is 13.2 Å². The van der Waals surface area contributed by atoms with E-state index in [-0.39, 0.29) is 11.8 Å². The fourth-order valence-corrected chi connectivity index (χ4v) is 3.42. The van der Waals surface area contributed by atoms with Crippen LogP contribution in [-0.4, -0.2) is 60.9 Å². The van der Waals surface area contributed by atoms with E-state index in [9.17, 15) is 4.79 Å². The summed E-state index contributed by atoms with van der Waals surface area (Å²) >= 11 is 1.61. The van der Waals surface area contributed by atoms with Gasteiger partial charge in [0.25, 0.3) is 0 Å². The number of hydrogen-bond donors (Lipinski definition) is 1. The molecule has 0 aliphatic carbocycles. The van der Waals surface area contributed by atoms with E-state index in [1.54, 1.807) is 18.4 Å². The molecule has 0 atom stereocenters. The summed E-state index contributed by atoms with van der Waals surface area (Å²) in [7, 11) is 1.62. The van der Waals surface area contributed by atoms with Gasteiger partial charge in [0.15, 0.2) is 0 Å². The van der Waals surface area contributed by atoms with E-state index in [4.69, 9.17) is 9.15 Å². The number of nitrogens with zero attached hydrogens (tertiary/aromatic N) is 3. The van der Waals surface area contributed by atoms with Crippen LogP contribution < -0.4 is 5.32 Å². The topological polar surface area (TPSA) is 80.5 Å². The predicted octanol–water partition coefficient (Wildman–Crippen LogP) is 1.74. The number of nitrogens with one attached hydrogen (secondary N) is 1. The molecule has 3 rings (SSSR count). The van der Waals surface area contributed by atoms with Gasteiger partial charge in [-0.25, -0.2) is 0 Å². The van der Waals surface area contributed by atoms with Crippen molar-refractivity contribution in [2.75, 3.05) is 39.9 Å². The predicted molar refractivity (Wildman–Crippen MR) is 90.9 cm³/mol. The van der Waals surface area contributed by atoms with Gasteiger partial charge >= 0.3 is 0 Å². The highest BCUT2D eigenvalue weighted by Crippen LogP contribution is 2.29. The van der Waals surface area contributed by atoms with Crippen molar-refractivity contribution in [3.05, 3.63) is 22.7 Å². The van der Waals surface area contributed by atoms with Crippen LogP contribution in [0.3, 0.4) is 0 Å². The molecule has 0 radical (unpaired) electrons. The van der Waals surface area contributed by atoms with E-state index in [1.807, 2.05) is 16.8 Å². The fourth-order valence-electron chi connectivity index (χ4n) is 2.79. The quantitative estimate of drug-likeness (QED) is 0.766. The minimum atomic E-state index is 0.0445. The van der Waals surface area contributed by atoms with Crippen LogP contribution >= 0.6 is 11.3 Å². The van der Waals surface area contributed by atoms with Gasteiger partial charge in [-0.2, -0.15) is 11.3 Å². The van der Waals surface area contributed by atoms with E-state index in [1.165, 1.54) is 0 Å². The van der Waals surface area contributed by atoms with E-state index in [2.05, 4.69) is 20.4 Å². The van der Waals surface area contributed by atoms with Crippen molar-refractivity contribution in [2.24, 2.45) is 0 Å². The molecular weight excluding hydrogens is 328 g/mol. The smallest absolute Gasteiger partial charge is 0.248 e. The zero-order valence-corrected chi connectivity index (χ0v) is 14.6. The molecule has 1 saturated heterocycles. The molecule has 1 aliphatic heterocycles. The van der Waals surface area contributed by atoms with E-state index >= 15 is 0 Å². The van der Waals surface area contributed by atoms with Crippen LogP contribution in [0.4, 0.5) is 0 Å². The van der Waals surface area contributed by atoms with Crippen LogP contribution in [0.15, 0.2) is 21.2 Å². The molecule has 1 amide bonds. The summed E-state index contributed by atoms with van der Waals surface area (Å²) in [5.74, 6) is 1.62. The third-order valence-corrected chi connectivity index (χ3v) is 4.82. The fraction of sp³-hybridized carbons (Fsp3) is 0.562. The maximum absolute atomic E-state index is 11.8. The second-order valence-electron chi connectivity index (χ2n) is 5.85. The Morgan fingerprint density at radius 2 is 2.29 bits per heavy atom. The highest BCUT2D eigenvalue weighted by molar-refractivity contribution is 7.08. The maximum atomic E-state index is 11.8. The number of ether oxygens (including phenoxy) is 1. The first-order valence-corrected chi connectivity index (χ1v) is 9.04. The Kier molecular flexibility index (Phi) is 5.95. The summed E-state index contributed by atoms with van der Waals surface area (Å²) in [5, 5.41) is 15.2. The minimum absolute atomic E-state index is 0.0445. The molecule has 3 heterocycles. The summed E-state index contributed by atoms with van der Waals surface area (Å²) < 4.78 is 10.7. The van der Waals surface area contributed by atoms with E-state index in [0.717, 1.165) is 31.5 Å². The number of amides is 1. The number of carbonyl (C=O) groups excluding carboxylic acids is 1. The van der Waals surface area contributed by atoms with Gasteiger partial charge in [-0.3, -0.25) is 9.69 Å². The lowest BCUT2D eigenvalue weighted by Gasteiger charge is -2.29. The summed E-state index contributed by atoms with van der Waals surface area (Å²) in [6, 6.07) is 1.98. The zero-order chi connectivity index (χ0) is 16.8. The first-order chi connectivity index (χ1) is 11.8. The number of aromatic nitrogens is 2. The molecule has 0 bridgehead atoms. The van der Waals surface area contributed by atoms with Gasteiger partial charge < -0.3 is 14.5 Å². The van der Waals surface area contributed by atoms with Crippen LogP contribution in [0.2, 0.25) is 0 Å². The Hall–Kier alpha value is -1.77. The molecule has 0 aromatic carbocycles. The zero-order valence-electron chi connectivity index (χ0n) is 13.7. The number of likely N-dealkylation sites (tertiary alicyclic amines) is 1. The highest BCUT2D eigenvalue weighted by atomic mass is 32.1. The number of methoxy groups -OCH3 is 1. The van der Waals surface area contributed by atoms with Crippen LogP contribution in [0.5, 0.6) is 0 Å². The summed E-state index contributed by atoms with van der Waals surface area (Å²) in [6.07, 6.45) is 1.85. The molecule has 0 spiro atoms. The monoisotopic (exact) mass is 350 g/mol. The molecule has 1 fully saturated rings. The first-order valence-electron chi connectivity index (χ1n) is 8.10. The van der Waals surface area contributed by atoms with Crippen LogP contribution in [0.25, 0.3) is 11.5 Å². The Morgan fingerprint density at radius 3 is 3.00 bits per heavy atom. The molecule has 2 aromatic rings. The van der Waals surface area contributed by atoms with Crippen molar-refractivity contribution >= 4 is 17.2 Å². The highest BCUT2D eigenvalue weighted by Gasteiger charge is 2.26. The van der Waals surface area contributed by atoms with E-state index in [0.29, 0.717) is 31.5 Å². The largest absolute Gasteiger partial charge is 0.420 e. The number of carbonyl (C=O) groups is 1. The third-order valence-electron chi connectivity index (χ3n) is 4.14. The van der Waals surface area contributed by atoms with Gasteiger partial charge in [-0.15, -0.1) is 10.2 Å². The first kappa shape index (κ1) is 17.1. The molecule has 130 valence electrons. The van der Waals surface area contributed by atoms with Crippen molar-refractivity contribution in [3.63, 3.8) is 0 Å². The Morgan fingerprint density at radius 1 is 1.46 bits per heavy atom. The van der Waals surface area contributed by atoms with Crippen molar-refractivity contribution in [2.45, 2.75) is 18.8 Å². The molecule has 0 unspecified atom stereocenters. The molecule has 7 nitrogen and oxygen atoms in total. The lowest BCUT2D eigenvalue weighted by atomic mass is 9.97. The molecule has 0 saturated carbocycles. The second kappa shape index (κ2) is 8.36. The lowest BCUT2D eigenvalue weighted by molar-refractivity contribution is -0.122. The molecule has 24 heavy (non-hydrogen) atoms. The number of hydrogen-bond acceptors (Lipinski definition) is 7. The van der Waals surface area contributed by atoms with Crippen molar-refractivity contribution in [3.8, 4) is 11.5 Å². The molecule has 1 N–H and O–H groups in total. The number of piperidine rings is 1. The summed E-state index contributed by atoms with van der Waals surface area (Å²) in [5.41, 5.74) is 0.976. The molecule has 2 aromatic heterocycles. The summed E-state index contributed by atoms with van der Waals surface area (Å²) in [6.45, 7) is 3.24. The molecule has 1 aliphatic rings. The minimum Gasteiger partial charge on any atom is -0.420 e. The second-order valence-corrected chi connectivity index (χ2v) is 6.63. The van der Waals surface area contributed by atoms with Crippen molar-refractivity contribution in [1.29, 1.82) is 0 Å². The van der Waals surface area contributed by atoms with Gasteiger partial charge in [0, 0.05) is 30.5 Å². The van der Waals surface area contributed by atoms with Crippen LogP contribution in [0.1, 0.15) is 24.7 Å².